The predicted molar refractivity (Wildman–Crippen MR) is 53.4 cm³/mol. The van der Waals surface area contributed by atoms with Gasteiger partial charge in [0.2, 0.25) is 0 Å². The Kier molecular flexibility index (Phi) is 3.53. The van der Waals surface area contributed by atoms with Crippen molar-refractivity contribution in [2.45, 2.75) is 38.1 Å². The third kappa shape index (κ3) is 3.11. The van der Waals surface area contributed by atoms with Crippen molar-refractivity contribution in [2.24, 2.45) is 0 Å². The third-order valence-electron chi connectivity index (χ3n) is 2.82. The average Bonchev–Trinajstić information content (AvgIpc) is 2.03. The molecule has 72 valence electrons. The fourth-order valence-electron chi connectivity index (χ4n) is 1.80. The van der Waals surface area contributed by atoms with Crippen LogP contribution in [0.15, 0.2) is 0 Å². The van der Waals surface area contributed by atoms with Gasteiger partial charge in [-0.3, -0.25) is 0 Å². The number of hydrogen-bond donors (Lipinski definition) is 1. The van der Waals surface area contributed by atoms with Gasteiger partial charge in [-0.2, -0.15) is 0 Å². The van der Waals surface area contributed by atoms with Crippen molar-refractivity contribution < 1.29 is 0 Å². The zero-order valence-corrected chi connectivity index (χ0v) is 8.69. The van der Waals surface area contributed by atoms with Crippen LogP contribution in [0.3, 0.4) is 0 Å². The molecule has 1 aliphatic rings. The molecule has 1 rings (SSSR count). The van der Waals surface area contributed by atoms with Gasteiger partial charge in [0.15, 0.2) is 0 Å². The zero-order chi connectivity index (χ0) is 9.03. The van der Waals surface area contributed by atoms with Gasteiger partial charge in [-0.05, 0) is 53.4 Å². The van der Waals surface area contributed by atoms with Gasteiger partial charge in [-0.1, -0.05) is 6.42 Å². The van der Waals surface area contributed by atoms with E-state index in [2.05, 4.69) is 31.2 Å². The summed E-state index contributed by atoms with van der Waals surface area (Å²) in [6.07, 6.45) is 5.38. The minimum absolute atomic E-state index is 0.419. The Morgan fingerprint density at radius 1 is 1.33 bits per heavy atom. The molecule has 12 heavy (non-hydrogen) atoms. The molecule has 0 aromatic rings. The van der Waals surface area contributed by atoms with Crippen LogP contribution < -0.4 is 5.32 Å². The van der Waals surface area contributed by atoms with Gasteiger partial charge in [-0.25, -0.2) is 0 Å². The minimum atomic E-state index is 0.419. The molecule has 1 unspecified atom stereocenters. The first-order valence-electron chi connectivity index (χ1n) is 5.02. The van der Waals surface area contributed by atoms with Crippen LogP contribution in [0.25, 0.3) is 0 Å². The number of hydrogen-bond acceptors (Lipinski definition) is 2. The van der Waals surface area contributed by atoms with E-state index in [1.165, 1.54) is 38.8 Å². The van der Waals surface area contributed by atoms with E-state index < -0.39 is 0 Å². The molecule has 0 saturated carbocycles. The van der Waals surface area contributed by atoms with Crippen LogP contribution in [0.5, 0.6) is 0 Å². The minimum Gasteiger partial charge on any atom is -0.311 e. The lowest BCUT2D eigenvalue weighted by Crippen LogP contribution is -2.47. The van der Waals surface area contributed by atoms with E-state index in [9.17, 15) is 0 Å². The molecule has 2 nitrogen and oxygen atoms in total. The molecular formula is C10H22N2. The first-order valence-corrected chi connectivity index (χ1v) is 5.02. The Bertz CT molecular complexity index is 126. The SMILES string of the molecule is CN(C)CCC1(C)CCCCN1. The maximum absolute atomic E-state index is 3.62. The number of piperidine rings is 1. The monoisotopic (exact) mass is 170 g/mol. The van der Waals surface area contributed by atoms with Gasteiger partial charge in [0.25, 0.3) is 0 Å². The summed E-state index contributed by atoms with van der Waals surface area (Å²) < 4.78 is 0. The predicted octanol–water partition coefficient (Wildman–Crippen LogP) is 1.47. The Morgan fingerprint density at radius 2 is 2.08 bits per heavy atom. The second-order valence-corrected chi connectivity index (χ2v) is 4.50. The Hall–Kier alpha value is -0.0800. The second-order valence-electron chi connectivity index (χ2n) is 4.50. The second kappa shape index (κ2) is 4.24. The average molecular weight is 170 g/mol. The summed E-state index contributed by atoms with van der Waals surface area (Å²) in [5.74, 6) is 0. The number of nitrogens with zero attached hydrogens (tertiary/aromatic N) is 1. The van der Waals surface area contributed by atoms with Crippen molar-refractivity contribution >= 4 is 0 Å². The van der Waals surface area contributed by atoms with Crippen LogP contribution in [0.1, 0.15) is 32.6 Å². The largest absolute Gasteiger partial charge is 0.311 e. The third-order valence-corrected chi connectivity index (χ3v) is 2.82. The van der Waals surface area contributed by atoms with E-state index in [-0.39, 0.29) is 0 Å². The Balaban J connectivity index is 2.26. The topological polar surface area (TPSA) is 15.3 Å². The maximum Gasteiger partial charge on any atom is 0.0165 e. The highest BCUT2D eigenvalue weighted by atomic mass is 15.1. The molecular weight excluding hydrogens is 148 g/mol. The van der Waals surface area contributed by atoms with E-state index >= 15 is 0 Å². The van der Waals surface area contributed by atoms with Gasteiger partial charge in [-0.15, -0.1) is 0 Å². The molecule has 1 aliphatic heterocycles. The lowest BCUT2D eigenvalue weighted by Gasteiger charge is -2.35. The van der Waals surface area contributed by atoms with Crippen molar-refractivity contribution in [2.75, 3.05) is 27.2 Å². The van der Waals surface area contributed by atoms with Gasteiger partial charge in [0, 0.05) is 5.54 Å². The van der Waals surface area contributed by atoms with Gasteiger partial charge >= 0.3 is 0 Å². The van der Waals surface area contributed by atoms with E-state index in [0.29, 0.717) is 5.54 Å². The summed E-state index contributed by atoms with van der Waals surface area (Å²) in [7, 11) is 4.29. The zero-order valence-electron chi connectivity index (χ0n) is 8.69. The van der Waals surface area contributed by atoms with E-state index in [1.807, 2.05) is 0 Å². The molecule has 0 radical (unpaired) electrons. The quantitative estimate of drug-likeness (QED) is 0.690. The standard InChI is InChI=1S/C10H22N2/c1-10(7-9-12(2)3)6-4-5-8-11-10/h11H,4-9H2,1-3H3. The fourth-order valence-corrected chi connectivity index (χ4v) is 1.80. The van der Waals surface area contributed by atoms with Crippen LogP contribution in [-0.2, 0) is 0 Å². The molecule has 1 fully saturated rings. The molecule has 1 atom stereocenters. The first kappa shape index (κ1) is 10.0. The summed E-state index contributed by atoms with van der Waals surface area (Å²) in [4.78, 5) is 2.27. The van der Waals surface area contributed by atoms with Gasteiger partial charge in [0.05, 0.1) is 0 Å². The summed E-state index contributed by atoms with van der Waals surface area (Å²) in [6.45, 7) is 4.77. The fraction of sp³-hybridized carbons (Fsp3) is 1.00. The molecule has 1 heterocycles. The van der Waals surface area contributed by atoms with Crippen LogP contribution in [0, 0.1) is 0 Å². The highest BCUT2D eigenvalue weighted by molar-refractivity contribution is 4.86. The summed E-state index contributed by atoms with van der Waals surface area (Å²) >= 11 is 0. The van der Waals surface area contributed by atoms with Crippen molar-refractivity contribution in [1.82, 2.24) is 10.2 Å². The molecule has 0 aromatic carbocycles. The lowest BCUT2D eigenvalue weighted by atomic mass is 9.88. The van der Waals surface area contributed by atoms with Gasteiger partial charge < -0.3 is 10.2 Å². The number of nitrogens with one attached hydrogen (secondary N) is 1. The Morgan fingerprint density at radius 3 is 2.58 bits per heavy atom. The Labute approximate surface area is 76.3 Å². The van der Waals surface area contributed by atoms with Crippen molar-refractivity contribution in [3.8, 4) is 0 Å². The van der Waals surface area contributed by atoms with Crippen LogP contribution in [-0.4, -0.2) is 37.6 Å². The highest BCUT2D eigenvalue weighted by Crippen LogP contribution is 2.21. The van der Waals surface area contributed by atoms with Crippen molar-refractivity contribution in [1.29, 1.82) is 0 Å². The lowest BCUT2D eigenvalue weighted by molar-refractivity contribution is 0.232. The summed E-state index contributed by atoms with van der Waals surface area (Å²) in [5, 5.41) is 3.62. The van der Waals surface area contributed by atoms with E-state index in [1.54, 1.807) is 0 Å². The molecule has 0 amide bonds. The van der Waals surface area contributed by atoms with Crippen molar-refractivity contribution in [3.63, 3.8) is 0 Å². The first-order chi connectivity index (χ1) is 5.62. The van der Waals surface area contributed by atoms with Gasteiger partial charge in [0.1, 0.15) is 0 Å². The van der Waals surface area contributed by atoms with Crippen LogP contribution >= 0.6 is 0 Å². The van der Waals surface area contributed by atoms with E-state index in [0.717, 1.165) is 0 Å². The molecule has 2 heteroatoms. The molecule has 0 bridgehead atoms. The van der Waals surface area contributed by atoms with E-state index in [4.69, 9.17) is 0 Å². The summed E-state index contributed by atoms with van der Waals surface area (Å²) in [5.41, 5.74) is 0.419. The summed E-state index contributed by atoms with van der Waals surface area (Å²) in [6, 6.07) is 0. The number of rotatable bonds is 3. The maximum atomic E-state index is 3.62. The molecule has 1 N–H and O–H groups in total. The molecule has 0 aromatic heterocycles. The normalized spacial score (nSPS) is 31.0. The molecule has 0 aliphatic carbocycles. The van der Waals surface area contributed by atoms with Crippen LogP contribution in [0.2, 0.25) is 0 Å². The van der Waals surface area contributed by atoms with Crippen LogP contribution in [0.4, 0.5) is 0 Å². The van der Waals surface area contributed by atoms with Crippen molar-refractivity contribution in [3.05, 3.63) is 0 Å². The smallest absolute Gasteiger partial charge is 0.0165 e. The molecule has 1 saturated heterocycles. The molecule has 0 spiro atoms. The highest BCUT2D eigenvalue weighted by Gasteiger charge is 2.25.